The molecule has 1 aromatic heterocycles. The van der Waals surface area contributed by atoms with Crippen LogP contribution >= 0.6 is 0 Å². The van der Waals surface area contributed by atoms with Crippen LogP contribution in [-0.4, -0.2) is 31.2 Å². The quantitative estimate of drug-likeness (QED) is 0.822. The van der Waals surface area contributed by atoms with Crippen LogP contribution in [0.25, 0.3) is 0 Å². The average molecular weight is 263 g/mol. The van der Waals surface area contributed by atoms with Crippen molar-refractivity contribution < 1.29 is 9.53 Å². The Labute approximate surface area is 113 Å². The van der Waals surface area contributed by atoms with Gasteiger partial charge in [-0.15, -0.1) is 0 Å². The molecule has 2 unspecified atom stereocenters. The minimum atomic E-state index is -0.392. The van der Waals surface area contributed by atoms with Crippen LogP contribution in [0.5, 0.6) is 0 Å². The first kappa shape index (κ1) is 13.6. The van der Waals surface area contributed by atoms with Crippen LogP contribution in [0.1, 0.15) is 30.6 Å². The predicted molar refractivity (Wildman–Crippen MR) is 75.1 cm³/mol. The van der Waals surface area contributed by atoms with Gasteiger partial charge in [-0.05, 0) is 31.2 Å². The largest absolute Gasteiger partial charge is 0.462 e. The van der Waals surface area contributed by atoms with Gasteiger partial charge < -0.3 is 15.4 Å². The van der Waals surface area contributed by atoms with E-state index in [0.29, 0.717) is 29.6 Å². The molecule has 1 saturated carbocycles. The van der Waals surface area contributed by atoms with E-state index in [1.165, 1.54) is 6.42 Å². The standard InChI is InChI=1S/C14H21N3O2/c1-4-19-14(18)11-5-6-16-13(12(11)15)17(3)8-10-7-9(10)2/h5-6,9-10H,4,7-8,15H2,1-3H3. The van der Waals surface area contributed by atoms with Gasteiger partial charge in [0.1, 0.15) is 0 Å². The van der Waals surface area contributed by atoms with Crippen molar-refractivity contribution in [3.8, 4) is 0 Å². The zero-order valence-electron chi connectivity index (χ0n) is 11.7. The summed E-state index contributed by atoms with van der Waals surface area (Å²) in [5.41, 5.74) is 6.83. The van der Waals surface area contributed by atoms with Crippen molar-refractivity contribution >= 4 is 17.5 Å². The molecule has 0 bridgehead atoms. The molecule has 0 spiro atoms. The van der Waals surface area contributed by atoms with E-state index in [2.05, 4.69) is 11.9 Å². The number of rotatable bonds is 5. The van der Waals surface area contributed by atoms with Gasteiger partial charge in [0.15, 0.2) is 5.82 Å². The van der Waals surface area contributed by atoms with Crippen molar-refractivity contribution in [2.24, 2.45) is 11.8 Å². The van der Waals surface area contributed by atoms with Crippen LogP contribution in [-0.2, 0) is 4.74 Å². The SMILES string of the molecule is CCOC(=O)c1ccnc(N(C)CC2CC2C)c1N. The van der Waals surface area contributed by atoms with E-state index in [1.54, 1.807) is 19.2 Å². The Bertz CT molecular complexity index is 476. The molecule has 1 aliphatic rings. The van der Waals surface area contributed by atoms with E-state index < -0.39 is 5.97 Å². The van der Waals surface area contributed by atoms with Crippen LogP contribution in [0.4, 0.5) is 11.5 Å². The summed E-state index contributed by atoms with van der Waals surface area (Å²) in [5, 5.41) is 0. The number of carbonyl (C=O) groups excluding carboxylic acids is 1. The number of pyridine rings is 1. The topological polar surface area (TPSA) is 68.5 Å². The number of hydrogen-bond acceptors (Lipinski definition) is 5. The van der Waals surface area contributed by atoms with Gasteiger partial charge in [-0.25, -0.2) is 9.78 Å². The van der Waals surface area contributed by atoms with Gasteiger partial charge in [0.2, 0.25) is 0 Å². The van der Waals surface area contributed by atoms with Gasteiger partial charge in [0.25, 0.3) is 0 Å². The van der Waals surface area contributed by atoms with Crippen LogP contribution < -0.4 is 10.6 Å². The summed E-state index contributed by atoms with van der Waals surface area (Å²) in [6, 6.07) is 1.60. The molecule has 2 N–H and O–H groups in total. The first-order valence-corrected chi connectivity index (χ1v) is 6.67. The Hall–Kier alpha value is -1.78. The highest BCUT2D eigenvalue weighted by Crippen LogP contribution is 2.39. The maximum absolute atomic E-state index is 11.8. The second-order valence-electron chi connectivity index (χ2n) is 5.17. The third kappa shape index (κ3) is 2.97. The van der Waals surface area contributed by atoms with Crippen molar-refractivity contribution in [1.82, 2.24) is 4.98 Å². The molecule has 0 radical (unpaired) electrons. The van der Waals surface area contributed by atoms with E-state index in [1.807, 2.05) is 11.9 Å². The lowest BCUT2D eigenvalue weighted by molar-refractivity contribution is 0.0527. The third-order valence-corrected chi connectivity index (χ3v) is 3.61. The number of nitrogens with zero attached hydrogens (tertiary/aromatic N) is 2. The van der Waals surface area contributed by atoms with Crippen molar-refractivity contribution in [2.45, 2.75) is 20.3 Å². The fourth-order valence-corrected chi connectivity index (χ4v) is 2.24. The zero-order valence-corrected chi connectivity index (χ0v) is 11.7. The summed E-state index contributed by atoms with van der Waals surface area (Å²) in [4.78, 5) is 18.1. The number of esters is 1. The molecule has 1 fully saturated rings. The summed E-state index contributed by atoms with van der Waals surface area (Å²) >= 11 is 0. The fourth-order valence-electron chi connectivity index (χ4n) is 2.24. The molecule has 1 aromatic rings. The molecular formula is C14H21N3O2. The molecule has 2 atom stereocenters. The van der Waals surface area contributed by atoms with Crippen LogP contribution in [0.15, 0.2) is 12.3 Å². The molecule has 5 nitrogen and oxygen atoms in total. The molecular weight excluding hydrogens is 242 g/mol. The molecule has 19 heavy (non-hydrogen) atoms. The Balaban J connectivity index is 2.16. The van der Waals surface area contributed by atoms with Crippen molar-refractivity contribution in [1.29, 1.82) is 0 Å². The summed E-state index contributed by atoms with van der Waals surface area (Å²) < 4.78 is 4.99. The first-order chi connectivity index (χ1) is 9.04. The van der Waals surface area contributed by atoms with E-state index in [0.717, 1.165) is 12.5 Å². The molecule has 104 valence electrons. The minimum absolute atomic E-state index is 0.339. The van der Waals surface area contributed by atoms with E-state index in [4.69, 9.17) is 10.5 Å². The normalized spacial score (nSPS) is 21.0. The summed E-state index contributed by atoms with van der Waals surface area (Å²) in [6.45, 7) is 5.27. The number of hydrogen-bond donors (Lipinski definition) is 1. The van der Waals surface area contributed by atoms with Gasteiger partial charge >= 0.3 is 5.97 Å². The predicted octanol–water partition coefficient (Wildman–Crippen LogP) is 1.93. The number of anilines is 2. The number of aromatic nitrogens is 1. The van der Waals surface area contributed by atoms with Gasteiger partial charge in [-0.3, -0.25) is 0 Å². The molecule has 1 aliphatic carbocycles. The highest BCUT2D eigenvalue weighted by atomic mass is 16.5. The minimum Gasteiger partial charge on any atom is -0.462 e. The van der Waals surface area contributed by atoms with Gasteiger partial charge in [-0.1, -0.05) is 6.92 Å². The zero-order chi connectivity index (χ0) is 14.0. The first-order valence-electron chi connectivity index (χ1n) is 6.67. The Morgan fingerprint density at radius 2 is 2.32 bits per heavy atom. The highest BCUT2D eigenvalue weighted by Gasteiger charge is 2.34. The second kappa shape index (κ2) is 5.47. The van der Waals surface area contributed by atoms with Gasteiger partial charge in [0.05, 0.1) is 17.9 Å². The van der Waals surface area contributed by atoms with Crippen LogP contribution in [0.2, 0.25) is 0 Å². The molecule has 0 aromatic carbocycles. The van der Waals surface area contributed by atoms with E-state index >= 15 is 0 Å². The van der Waals surface area contributed by atoms with Gasteiger partial charge in [-0.2, -0.15) is 0 Å². The average Bonchev–Trinajstić information content (AvgIpc) is 3.05. The van der Waals surface area contributed by atoms with Crippen molar-refractivity contribution in [3.63, 3.8) is 0 Å². The third-order valence-electron chi connectivity index (χ3n) is 3.61. The number of nitrogens with two attached hydrogens (primary N) is 1. The summed E-state index contributed by atoms with van der Waals surface area (Å²) in [6.07, 6.45) is 2.85. The van der Waals surface area contributed by atoms with E-state index in [-0.39, 0.29) is 0 Å². The lowest BCUT2D eigenvalue weighted by Gasteiger charge is -2.20. The highest BCUT2D eigenvalue weighted by molar-refractivity contribution is 5.97. The van der Waals surface area contributed by atoms with Crippen LogP contribution in [0, 0.1) is 11.8 Å². The van der Waals surface area contributed by atoms with Crippen molar-refractivity contribution in [2.75, 3.05) is 30.8 Å². The maximum atomic E-state index is 11.8. The lowest BCUT2D eigenvalue weighted by Crippen LogP contribution is -2.24. The second-order valence-corrected chi connectivity index (χ2v) is 5.17. The maximum Gasteiger partial charge on any atom is 0.340 e. The summed E-state index contributed by atoms with van der Waals surface area (Å²) in [7, 11) is 1.96. The molecule has 5 heteroatoms. The Morgan fingerprint density at radius 3 is 2.89 bits per heavy atom. The van der Waals surface area contributed by atoms with Crippen molar-refractivity contribution in [3.05, 3.63) is 17.8 Å². The van der Waals surface area contributed by atoms with E-state index in [9.17, 15) is 4.79 Å². The Kier molecular flexibility index (Phi) is 3.93. The fraction of sp³-hybridized carbons (Fsp3) is 0.571. The molecule has 0 aliphatic heterocycles. The molecule has 0 amide bonds. The number of ether oxygens (including phenoxy) is 1. The summed E-state index contributed by atoms with van der Waals surface area (Å²) in [5.74, 6) is 1.75. The number of carbonyl (C=O) groups is 1. The van der Waals surface area contributed by atoms with Gasteiger partial charge in [0, 0.05) is 19.8 Å². The molecule has 1 heterocycles. The Morgan fingerprint density at radius 1 is 1.63 bits per heavy atom. The number of nitrogen functional groups attached to an aromatic ring is 1. The van der Waals surface area contributed by atoms with Crippen LogP contribution in [0.3, 0.4) is 0 Å². The lowest BCUT2D eigenvalue weighted by atomic mass is 10.2. The molecule has 2 rings (SSSR count). The smallest absolute Gasteiger partial charge is 0.340 e. The molecule has 0 saturated heterocycles. The monoisotopic (exact) mass is 263 g/mol.